The highest BCUT2D eigenvalue weighted by molar-refractivity contribution is 5.78. The molecule has 2 heterocycles. The Morgan fingerprint density at radius 1 is 1.16 bits per heavy atom. The van der Waals surface area contributed by atoms with E-state index in [0.29, 0.717) is 23.3 Å². The van der Waals surface area contributed by atoms with Crippen molar-refractivity contribution < 1.29 is 4.42 Å². The van der Waals surface area contributed by atoms with Gasteiger partial charge < -0.3 is 9.40 Å². The smallest absolute Gasteiger partial charge is 0.258 e. The van der Waals surface area contributed by atoms with Gasteiger partial charge in [0.25, 0.3) is 5.56 Å². The minimum atomic E-state index is -0.106. The van der Waals surface area contributed by atoms with Crippen LogP contribution in [0.2, 0.25) is 0 Å². The standard InChI is InChI=1S/C20H19N3O2/c1-13(18-11-14-7-3-6-10-17(14)25-18)23(2)12-19-21-16-9-5-4-8-15(16)20(24)22-19/h3-11,13H,12H2,1-2H3,(H,21,22,24)/t13-/m0/s1. The number of aromatic nitrogens is 2. The van der Waals surface area contributed by atoms with Crippen molar-refractivity contribution in [3.63, 3.8) is 0 Å². The van der Waals surface area contributed by atoms with E-state index in [1.807, 2.05) is 49.5 Å². The van der Waals surface area contributed by atoms with Gasteiger partial charge in [0.2, 0.25) is 0 Å². The number of hydrogen-bond donors (Lipinski definition) is 1. The summed E-state index contributed by atoms with van der Waals surface area (Å²) in [6, 6.07) is 17.5. The number of H-pyrrole nitrogens is 1. The van der Waals surface area contributed by atoms with E-state index in [-0.39, 0.29) is 11.6 Å². The minimum Gasteiger partial charge on any atom is -0.459 e. The zero-order valence-corrected chi connectivity index (χ0v) is 14.2. The molecule has 0 bridgehead atoms. The molecule has 0 radical (unpaired) electrons. The Morgan fingerprint density at radius 2 is 1.92 bits per heavy atom. The molecule has 0 aliphatic heterocycles. The zero-order valence-electron chi connectivity index (χ0n) is 14.2. The van der Waals surface area contributed by atoms with E-state index in [1.165, 1.54) is 0 Å². The molecule has 0 saturated heterocycles. The lowest BCUT2D eigenvalue weighted by Crippen LogP contribution is -2.24. The summed E-state index contributed by atoms with van der Waals surface area (Å²) in [4.78, 5) is 21.7. The zero-order chi connectivity index (χ0) is 17.4. The van der Waals surface area contributed by atoms with Gasteiger partial charge in [-0.05, 0) is 38.2 Å². The van der Waals surface area contributed by atoms with Crippen LogP contribution in [0.4, 0.5) is 0 Å². The van der Waals surface area contributed by atoms with Gasteiger partial charge in [-0.3, -0.25) is 9.69 Å². The molecule has 5 nitrogen and oxygen atoms in total. The van der Waals surface area contributed by atoms with Crippen LogP contribution in [-0.2, 0) is 6.54 Å². The van der Waals surface area contributed by atoms with Crippen molar-refractivity contribution in [1.29, 1.82) is 0 Å². The van der Waals surface area contributed by atoms with Crippen LogP contribution in [-0.4, -0.2) is 21.9 Å². The second kappa shape index (κ2) is 6.18. The molecule has 25 heavy (non-hydrogen) atoms. The molecule has 5 heteroatoms. The average Bonchev–Trinajstić information content (AvgIpc) is 3.05. The Kier molecular flexibility index (Phi) is 3.86. The predicted molar refractivity (Wildman–Crippen MR) is 98.5 cm³/mol. The first-order valence-corrected chi connectivity index (χ1v) is 8.28. The topological polar surface area (TPSA) is 62.1 Å². The van der Waals surface area contributed by atoms with E-state index in [0.717, 1.165) is 16.7 Å². The van der Waals surface area contributed by atoms with Gasteiger partial charge in [0, 0.05) is 5.39 Å². The second-order valence-corrected chi connectivity index (χ2v) is 6.31. The fourth-order valence-electron chi connectivity index (χ4n) is 3.01. The molecule has 1 atom stereocenters. The third-order valence-corrected chi connectivity index (χ3v) is 4.58. The van der Waals surface area contributed by atoms with Gasteiger partial charge >= 0.3 is 0 Å². The van der Waals surface area contributed by atoms with Crippen molar-refractivity contribution in [3.8, 4) is 0 Å². The summed E-state index contributed by atoms with van der Waals surface area (Å²) in [6.45, 7) is 2.61. The normalized spacial score (nSPS) is 12.9. The molecule has 0 fully saturated rings. The summed E-state index contributed by atoms with van der Waals surface area (Å²) in [5, 5.41) is 1.70. The molecule has 0 aliphatic carbocycles. The lowest BCUT2D eigenvalue weighted by molar-refractivity contribution is 0.221. The molecule has 2 aromatic heterocycles. The molecule has 0 saturated carbocycles. The van der Waals surface area contributed by atoms with Gasteiger partial charge in [-0.1, -0.05) is 30.3 Å². The molecule has 0 amide bonds. The maximum absolute atomic E-state index is 12.2. The predicted octanol–water partition coefficient (Wildman–Crippen LogP) is 3.86. The lowest BCUT2D eigenvalue weighted by Gasteiger charge is -2.22. The van der Waals surface area contributed by atoms with E-state index in [4.69, 9.17) is 4.42 Å². The highest BCUT2D eigenvalue weighted by Gasteiger charge is 2.17. The van der Waals surface area contributed by atoms with Crippen LogP contribution in [0.1, 0.15) is 24.6 Å². The summed E-state index contributed by atoms with van der Waals surface area (Å²) in [6.07, 6.45) is 0. The number of nitrogens with one attached hydrogen (secondary N) is 1. The van der Waals surface area contributed by atoms with Crippen LogP contribution >= 0.6 is 0 Å². The first kappa shape index (κ1) is 15.6. The maximum Gasteiger partial charge on any atom is 0.258 e. The van der Waals surface area contributed by atoms with Crippen LogP contribution in [0.15, 0.2) is 63.8 Å². The lowest BCUT2D eigenvalue weighted by atomic mass is 10.2. The molecule has 0 spiro atoms. The van der Waals surface area contributed by atoms with E-state index in [1.54, 1.807) is 6.07 Å². The highest BCUT2D eigenvalue weighted by atomic mass is 16.3. The summed E-state index contributed by atoms with van der Waals surface area (Å²) in [5.41, 5.74) is 1.49. The van der Waals surface area contributed by atoms with Crippen molar-refractivity contribution in [2.45, 2.75) is 19.5 Å². The van der Waals surface area contributed by atoms with Gasteiger partial charge in [0.15, 0.2) is 0 Å². The van der Waals surface area contributed by atoms with Crippen molar-refractivity contribution in [2.75, 3.05) is 7.05 Å². The molecule has 126 valence electrons. The van der Waals surface area contributed by atoms with Crippen LogP contribution in [0.25, 0.3) is 21.9 Å². The third-order valence-electron chi connectivity index (χ3n) is 4.58. The number of fused-ring (bicyclic) bond motifs is 2. The Labute approximate surface area is 144 Å². The Bertz CT molecular complexity index is 1060. The Morgan fingerprint density at radius 3 is 2.76 bits per heavy atom. The fraction of sp³-hybridized carbons (Fsp3) is 0.200. The van der Waals surface area contributed by atoms with Crippen molar-refractivity contribution in [1.82, 2.24) is 14.9 Å². The number of nitrogens with zero attached hydrogens (tertiary/aromatic N) is 2. The van der Waals surface area contributed by atoms with Crippen LogP contribution in [0, 0.1) is 0 Å². The first-order valence-electron chi connectivity index (χ1n) is 8.28. The number of aromatic amines is 1. The number of para-hydroxylation sites is 2. The van der Waals surface area contributed by atoms with Gasteiger partial charge in [-0.2, -0.15) is 0 Å². The van der Waals surface area contributed by atoms with E-state index >= 15 is 0 Å². The van der Waals surface area contributed by atoms with E-state index < -0.39 is 0 Å². The van der Waals surface area contributed by atoms with Gasteiger partial charge in [0.05, 0.1) is 23.5 Å². The molecule has 4 rings (SSSR count). The van der Waals surface area contributed by atoms with Crippen LogP contribution in [0.5, 0.6) is 0 Å². The number of furan rings is 1. The van der Waals surface area contributed by atoms with Crippen LogP contribution in [0.3, 0.4) is 0 Å². The number of benzene rings is 2. The van der Waals surface area contributed by atoms with Crippen molar-refractivity contribution in [3.05, 3.63) is 76.5 Å². The monoisotopic (exact) mass is 333 g/mol. The minimum absolute atomic E-state index is 0.0594. The largest absolute Gasteiger partial charge is 0.459 e. The first-order chi connectivity index (χ1) is 12.1. The Balaban J connectivity index is 1.60. The summed E-state index contributed by atoms with van der Waals surface area (Å²) < 4.78 is 5.95. The molecule has 4 aromatic rings. The highest BCUT2D eigenvalue weighted by Crippen LogP contribution is 2.27. The quantitative estimate of drug-likeness (QED) is 0.616. The summed E-state index contributed by atoms with van der Waals surface area (Å²) in [5.74, 6) is 1.54. The van der Waals surface area contributed by atoms with Gasteiger partial charge in [-0.15, -0.1) is 0 Å². The third kappa shape index (κ3) is 2.94. The number of hydrogen-bond acceptors (Lipinski definition) is 4. The second-order valence-electron chi connectivity index (χ2n) is 6.31. The summed E-state index contributed by atoms with van der Waals surface area (Å²) >= 11 is 0. The molecule has 2 aromatic carbocycles. The van der Waals surface area contributed by atoms with Crippen molar-refractivity contribution in [2.24, 2.45) is 0 Å². The average molecular weight is 333 g/mol. The Hall–Kier alpha value is -2.92. The molecule has 0 aliphatic rings. The van der Waals surface area contributed by atoms with E-state index in [2.05, 4.69) is 27.9 Å². The molecular formula is C20H19N3O2. The molecule has 1 N–H and O–H groups in total. The van der Waals surface area contributed by atoms with Gasteiger partial charge in [0.1, 0.15) is 17.2 Å². The van der Waals surface area contributed by atoms with Crippen LogP contribution < -0.4 is 5.56 Å². The maximum atomic E-state index is 12.2. The van der Waals surface area contributed by atoms with Crippen molar-refractivity contribution >= 4 is 21.9 Å². The number of rotatable bonds is 4. The van der Waals surface area contributed by atoms with Gasteiger partial charge in [-0.25, -0.2) is 4.98 Å². The van der Waals surface area contributed by atoms with E-state index in [9.17, 15) is 4.79 Å². The fourth-order valence-corrected chi connectivity index (χ4v) is 3.01. The molecular weight excluding hydrogens is 314 g/mol. The SMILES string of the molecule is C[C@@H](c1cc2ccccc2o1)N(C)Cc1nc2ccccc2c(=O)[nH]1. The summed E-state index contributed by atoms with van der Waals surface area (Å²) in [7, 11) is 1.99. The molecule has 0 unspecified atom stereocenters.